The van der Waals surface area contributed by atoms with E-state index in [2.05, 4.69) is 0 Å². The van der Waals surface area contributed by atoms with Crippen molar-refractivity contribution in [1.82, 2.24) is 4.90 Å². The summed E-state index contributed by atoms with van der Waals surface area (Å²) in [7, 11) is 1.72. The summed E-state index contributed by atoms with van der Waals surface area (Å²) in [6.07, 6.45) is 0.276. The fraction of sp³-hybridized carbons (Fsp3) is 0.429. The number of hydrogen-bond donors (Lipinski definition) is 2. The number of rotatable bonds is 7. The number of hydrogen-bond acceptors (Lipinski definition) is 4. The third-order valence-electron chi connectivity index (χ3n) is 3.12. The normalized spacial score (nSPS) is 11.8. The van der Waals surface area contributed by atoms with Crippen LogP contribution in [0.1, 0.15) is 23.7 Å². The Balaban J connectivity index is 2.40. The fourth-order valence-corrected chi connectivity index (χ4v) is 1.55. The SMILES string of the molecule is CC(CN)N(C)C(=O)CCOc1ccc(C(N)=O)cc1. The predicted molar refractivity (Wildman–Crippen MR) is 76.4 cm³/mol. The van der Waals surface area contributed by atoms with Crippen molar-refractivity contribution in [2.24, 2.45) is 11.5 Å². The molecule has 0 spiro atoms. The van der Waals surface area contributed by atoms with Crippen molar-refractivity contribution in [3.05, 3.63) is 29.8 Å². The Morgan fingerprint density at radius 1 is 1.30 bits per heavy atom. The molecule has 0 heterocycles. The van der Waals surface area contributed by atoms with E-state index in [0.29, 0.717) is 17.9 Å². The minimum atomic E-state index is -0.482. The van der Waals surface area contributed by atoms with Gasteiger partial charge in [0, 0.05) is 25.2 Å². The number of ether oxygens (including phenoxy) is 1. The highest BCUT2D eigenvalue weighted by Crippen LogP contribution is 2.12. The minimum Gasteiger partial charge on any atom is -0.493 e. The number of amides is 2. The van der Waals surface area contributed by atoms with Gasteiger partial charge in [0.1, 0.15) is 5.75 Å². The second-order valence-electron chi connectivity index (χ2n) is 4.58. The molecule has 0 bridgehead atoms. The molecule has 0 fully saturated rings. The van der Waals surface area contributed by atoms with E-state index in [1.54, 1.807) is 36.2 Å². The van der Waals surface area contributed by atoms with Gasteiger partial charge >= 0.3 is 0 Å². The second-order valence-corrected chi connectivity index (χ2v) is 4.58. The molecule has 2 amide bonds. The van der Waals surface area contributed by atoms with Crippen LogP contribution in [0.5, 0.6) is 5.75 Å². The Labute approximate surface area is 118 Å². The van der Waals surface area contributed by atoms with E-state index in [4.69, 9.17) is 16.2 Å². The number of nitrogens with two attached hydrogens (primary N) is 2. The van der Waals surface area contributed by atoms with Crippen molar-refractivity contribution in [1.29, 1.82) is 0 Å². The molecule has 1 rings (SSSR count). The molecule has 4 N–H and O–H groups in total. The van der Waals surface area contributed by atoms with E-state index < -0.39 is 5.91 Å². The van der Waals surface area contributed by atoms with Crippen LogP contribution in [-0.2, 0) is 4.79 Å². The van der Waals surface area contributed by atoms with Gasteiger partial charge in [0.2, 0.25) is 11.8 Å². The van der Waals surface area contributed by atoms with E-state index in [1.165, 1.54) is 0 Å². The maximum absolute atomic E-state index is 11.8. The van der Waals surface area contributed by atoms with E-state index in [0.717, 1.165) is 0 Å². The first-order chi connectivity index (χ1) is 9.45. The van der Waals surface area contributed by atoms with E-state index in [-0.39, 0.29) is 25.0 Å². The van der Waals surface area contributed by atoms with Crippen molar-refractivity contribution in [2.45, 2.75) is 19.4 Å². The Morgan fingerprint density at radius 2 is 1.90 bits per heavy atom. The average Bonchev–Trinajstić information content (AvgIpc) is 2.45. The number of nitrogens with zero attached hydrogens (tertiary/aromatic N) is 1. The topological polar surface area (TPSA) is 98.7 Å². The van der Waals surface area contributed by atoms with Crippen LogP contribution < -0.4 is 16.2 Å². The number of primary amides is 1. The van der Waals surface area contributed by atoms with Crippen molar-refractivity contribution in [2.75, 3.05) is 20.2 Å². The quantitative estimate of drug-likeness (QED) is 0.752. The van der Waals surface area contributed by atoms with Crippen LogP contribution in [0, 0.1) is 0 Å². The van der Waals surface area contributed by atoms with Gasteiger partial charge in [-0.2, -0.15) is 0 Å². The van der Waals surface area contributed by atoms with E-state index in [9.17, 15) is 9.59 Å². The molecule has 1 atom stereocenters. The van der Waals surface area contributed by atoms with Gasteiger partial charge in [-0.25, -0.2) is 0 Å². The van der Waals surface area contributed by atoms with Gasteiger partial charge in [-0.05, 0) is 31.2 Å². The summed E-state index contributed by atoms with van der Waals surface area (Å²) in [6.45, 7) is 2.59. The number of carbonyl (C=O) groups excluding carboxylic acids is 2. The van der Waals surface area contributed by atoms with Crippen molar-refractivity contribution in [3.63, 3.8) is 0 Å². The molecule has 0 aliphatic rings. The lowest BCUT2D eigenvalue weighted by Crippen LogP contribution is -2.40. The van der Waals surface area contributed by atoms with Gasteiger partial charge in [0.05, 0.1) is 13.0 Å². The highest BCUT2D eigenvalue weighted by molar-refractivity contribution is 5.92. The molecule has 0 saturated carbocycles. The molecule has 110 valence electrons. The molecule has 1 aromatic carbocycles. The first-order valence-corrected chi connectivity index (χ1v) is 6.44. The summed E-state index contributed by atoms with van der Waals surface area (Å²) in [5, 5.41) is 0. The Bertz CT molecular complexity index is 459. The maximum Gasteiger partial charge on any atom is 0.248 e. The molecule has 0 aliphatic heterocycles. The summed E-state index contributed by atoms with van der Waals surface area (Å²) < 4.78 is 5.44. The van der Waals surface area contributed by atoms with Crippen LogP contribution >= 0.6 is 0 Å². The van der Waals surface area contributed by atoms with Crippen LogP contribution in [0.25, 0.3) is 0 Å². The van der Waals surface area contributed by atoms with Crippen LogP contribution in [0.3, 0.4) is 0 Å². The number of carbonyl (C=O) groups is 2. The third-order valence-corrected chi connectivity index (χ3v) is 3.12. The smallest absolute Gasteiger partial charge is 0.248 e. The van der Waals surface area contributed by atoms with Gasteiger partial charge in [0.15, 0.2) is 0 Å². The molecular weight excluding hydrogens is 258 g/mol. The predicted octanol–water partition coefficient (Wildman–Crippen LogP) is 0.360. The lowest BCUT2D eigenvalue weighted by Gasteiger charge is -2.23. The molecule has 20 heavy (non-hydrogen) atoms. The zero-order valence-electron chi connectivity index (χ0n) is 11.8. The Hall–Kier alpha value is -2.08. The third kappa shape index (κ3) is 4.55. The van der Waals surface area contributed by atoms with Crippen LogP contribution in [0.15, 0.2) is 24.3 Å². The zero-order chi connectivity index (χ0) is 15.1. The van der Waals surface area contributed by atoms with Gasteiger partial charge in [-0.1, -0.05) is 0 Å². The van der Waals surface area contributed by atoms with Crippen molar-refractivity contribution >= 4 is 11.8 Å². The highest BCUT2D eigenvalue weighted by Gasteiger charge is 2.14. The first-order valence-electron chi connectivity index (χ1n) is 6.44. The largest absolute Gasteiger partial charge is 0.493 e. The summed E-state index contributed by atoms with van der Waals surface area (Å²) in [5.41, 5.74) is 11.1. The average molecular weight is 279 g/mol. The van der Waals surface area contributed by atoms with Crippen molar-refractivity contribution in [3.8, 4) is 5.75 Å². The maximum atomic E-state index is 11.8. The van der Waals surface area contributed by atoms with Crippen LogP contribution in [0.2, 0.25) is 0 Å². The summed E-state index contributed by atoms with van der Waals surface area (Å²) >= 11 is 0. The molecule has 6 heteroatoms. The Kier molecular flexibility index (Phi) is 5.99. The molecule has 0 saturated heterocycles. The standard InChI is InChI=1S/C14H21N3O3/c1-10(9-15)17(2)13(18)7-8-20-12-5-3-11(4-6-12)14(16)19/h3-6,10H,7-9,15H2,1-2H3,(H2,16,19). The molecule has 1 unspecified atom stereocenters. The summed E-state index contributed by atoms with van der Waals surface area (Å²) in [6, 6.07) is 6.48. The molecule has 6 nitrogen and oxygen atoms in total. The number of likely N-dealkylation sites (N-methyl/N-ethyl adjacent to an activating group) is 1. The minimum absolute atomic E-state index is 0.0114. The number of benzene rings is 1. The summed E-state index contributed by atoms with van der Waals surface area (Å²) in [4.78, 5) is 24.3. The molecule has 1 aromatic rings. The van der Waals surface area contributed by atoms with E-state index in [1.807, 2.05) is 6.92 Å². The highest BCUT2D eigenvalue weighted by atomic mass is 16.5. The molecule has 0 radical (unpaired) electrons. The van der Waals surface area contributed by atoms with E-state index >= 15 is 0 Å². The fourth-order valence-electron chi connectivity index (χ4n) is 1.55. The van der Waals surface area contributed by atoms with Gasteiger partial charge < -0.3 is 21.1 Å². The lowest BCUT2D eigenvalue weighted by molar-refractivity contribution is -0.132. The zero-order valence-corrected chi connectivity index (χ0v) is 11.8. The lowest BCUT2D eigenvalue weighted by atomic mass is 10.2. The Morgan fingerprint density at radius 3 is 2.40 bits per heavy atom. The molecule has 0 aromatic heterocycles. The van der Waals surface area contributed by atoms with Crippen LogP contribution in [-0.4, -0.2) is 43.0 Å². The van der Waals surface area contributed by atoms with Crippen molar-refractivity contribution < 1.29 is 14.3 Å². The summed E-state index contributed by atoms with van der Waals surface area (Å²) in [5.74, 6) is 0.0955. The first kappa shape index (κ1) is 16.0. The van der Waals surface area contributed by atoms with Gasteiger partial charge in [-0.15, -0.1) is 0 Å². The molecular formula is C14H21N3O3. The monoisotopic (exact) mass is 279 g/mol. The second kappa shape index (κ2) is 7.49. The van der Waals surface area contributed by atoms with Gasteiger partial charge in [-0.3, -0.25) is 9.59 Å². The molecule has 0 aliphatic carbocycles. The van der Waals surface area contributed by atoms with Crippen LogP contribution in [0.4, 0.5) is 0 Å². The van der Waals surface area contributed by atoms with Gasteiger partial charge in [0.25, 0.3) is 0 Å².